The first kappa shape index (κ1) is 12.7. The quantitative estimate of drug-likeness (QED) is 0.664. The van der Waals surface area contributed by atoms with Gasteiger partial charge in [-0.1, -0.05) is 46.7 Å². The summed E-state index contributed by atoms with van der Waals surface area (Å²) < 4.78 is 6.65. The molecule has 19 heavy (non-hydrogen) atoms. The van der Waals surface area contributed by atoms with E-state index in [1.54, 1.807) is 12.3 Å². The first-order valence-corrected chi connectivity index (χ1v) is 7.08. The zero-order valence-electron chi connectivity index (χ0n) is 9.64. The third kappa shape index (κ3) is 2.81. The Balaban J connectivity index is 1.78. The van der Waals surface area contributed by atoms with Crippen molar-refractivity contribution >= 4 is 44.8 Å². The van der Waals surface area contributed by atoms with Crippen molar-refractivity contribution in [3.8, 4) is 5.19 Å². The number of benzene rings is 1. The van der Waals surface area contributed by atoms with E-state index in [0.717, 1.165) is 15.8 Å². The largest absolute Gasteiger partial charge is 0.465 e. The Morgan fingerprint density at radius 1 is 1.16 bits per heavy atom. The van der Waals surface area contributed by atoms with Crippen molar-refractivity contribution in [2.45, 2.75) is 6.61 Å². The standard InChI is InChI=1S/C13H8Cl2N2OS/c14-9-2-1-3-10-12(9)17-13(19-10)18-7-8-4-5-11(15)16-6-8/h1-6H,7H2. The number of hydrogen-bond acceptors (Lipinski definition) is 4. The highest BCUT2D eigenvalue weighted by Gasteiger charge is 2.07. The number of aromatic nitrogens is 2. The molecule has 3 nitrogen and oxygen atoms in total. The predicted octanol–water partition coefficient (Wildman–Crippen LogP) is 4.58. The van der Waals surface area contributed by atoms with Crippen LogP contribution in [0.25, 0.3) is 10.2 Å². The molecule has 0 bridgehead atoms. The van der Waals surface area contributed by atoms with Crippen molar-refractivity contribution in [1.82, 2.24) is 9.97 Å². The van der Waals surface area contributed by atoms with Crippen LogP contribution in [0.1, 0.15) is 5.56 Å². The summed E-state index contributed by atoms with van der Waals surface area (Å²) in [6.07, 6.45) is 1.68. The summed E-state index contributed by atoms with van der Waals surface area (Å²) in [4.78, 5) is 8.36. The van der Waals surface area contributed by atoms with E-state index in [4.69, 9.17) is 27.9 Å². The second-order valence-electron chi connectivity index (χ2n) is 3.84. The van der Waals surface area contributed by atoms with Crippen molar-refractivity contribution in [3.05, 3.63) is 52.3 Å². The van der Waals surface area contributed by atoms with Gasteiger partial charge in [0.15, 0.2) is 0 Å². The van der Waals surface area contributed by atoms with Crippen LogP contribution in [0.3, 0.4) is 0 Å². The highest BCUT2D eigenvalue weighted by atomic mass is 35.5. The van der Waals surface area contributed by atoms with Crippen LogP contribution >= 0.6 is 34.5 Å². The van der Waals surface area contributed by atoms with E-state index in [0.29, 0.717) is 22.0 Å². The van der Waals surface area contributed by atoms with Crippen LogP contribution < -0.4 is 4.74 Å². The summed E-state index contributed by atoms with van der Waals surface area (Å²) in [6.45, 7) is 0.404. The normalized spacial score (nSPS) is 10.8. The summed E-state index contributed by atoms with van der Waals surface area (Å²) in [6, 6.07) is 9.28. The van der Waals surface area contributed by atoms with Gasteiger partial charge in [-0.3, -0.25) is 0 Å². The number of ether oxygens (including phenoxy) is 1. The fraction of sp³-hybridized carbons (Fsp3) is 0.0769. The summed E-state index contributed by atoms with van der Waals surface area (Å²) in [5.41, 5.74) is 1.72. The molecule has 1 aromatic carbocycles. The Bertz CT molecular complexity index is 712. The van der Waals surface area contributed by atoms with Crippen LogP contribution in [-0.4, -0.2) is 9.97 Å². The molecule has 0 radical (unpaired) electrons. The Hall–Kier alpha value is -1.36. The minimum absolute atomic E-state index is 0.404. The van der Waals surface area contributed by atoms with Gasteiger partial charge in [0.2, 0.25) is 0 Å². The van der Waals surface area contributed by atoms with Gasteiger partial charge in [0.1, 0.15) is 17.3 Å². The first-order valence-electron chi connectivity index (χ1n) is 5.50. The van der Waals surface area contributed by atoms with E-state index >= 15 is 0 Å². The maximum Gasteiger partial charge on any atom is 0.274 e. The van der Waals surface area contributed by atoms with Crippen molar-refractivity contribution in [2.75, 3.05) is 0 Å². The highest BCUT2D eigenvalue weighted by molar-refractivity contribution is 7.20. The van der Waals surface area contributed by atoms with Crippen LogP contribution in [0.5, 0.6) is 5.19 Å². The molecular weight excluding hydrogens is 303 g/mol. The number of halogens is 2. The zero-order chi connectivity index (χ0) is 13.2. The van der Waals surface area contributed by atoms with E-state index in [2.05, 4.69) is 9.97 Å². The van der Waals surface area contributed by atoms with Crippen LogP contribution in [-0.2, 0) is 6.61 Å². The summed E-state index contributed by atoms with van der Waals surface area (Å²) in [7, 11) is 0. The predicted molar refractivity (Wildman–Crippen MR) is 78.2 cm³/mol. The Morgan fingerprint density at radius 3 is 2.79 bits per heavy atom. The number of rotatable bonds is 3. The van der Waals surface area contributed by atoms with Crippen LogP contribution in [0.15, 0.2) is 36.5 Å². The lowest BCUT2D eigenvalue weighted by Crippen LogP contribution is -1.95. The molecule has 3 rings (SSSR count). The molecule has 0 saturated heterocycles. The molecule has 96 valence electrons. The van der Waals surface area contributed by atoms with E-state index in [1.165, 1.54) is 11.3 Å². The number of pyridine rings is 1. The van der Waals surface area contributed by atoms with E-state index in [-0.39, 0.29) is 0 Å². The molecule has 0 aliphatic heterocycles. The molecule has 0 unspecified atom stereocenters. The molecule has 0 fully saturated rings. The van der Waals surface area contributed by atoms with Crippen molar-refractivity contribution in [2.24, 2.45) is 0 Å². The van der Waals surface area contributed by atoms with Crippen molar-refractivity contribution in [3.63, 3.8) is 0 Å². The van der Waals surface area contributed by atoms with Crippen molar-refractivity contribution < 1.29 is 4.74 Å². The summed E-state index contributed by atoms with van der Waals surface area (Å²) >= 11 is 13.3. The van der Waals surface area contributed by atoms with Gasteiger partial charge in [0.05, 0.1) is 9.72 Å². The lowest BCUT2D eigenvalue weighted by Gasteiger charge is -2.01. The fourth-order valence-corrected chi connectivity index (χ4v) is 2.82. The number of para-hydroxylation sites is 1. The topological polar surface area (TPSA) is 35.0 Å². The maximum atomic E-state index is 6.07. The second kappa shape index (κ2) is 5.33. The SMILES string of the molecule is Clc1ccc(COc2nc3c(Cl)cccc3s2)cn1. The fourth-order valence-electron chi connectivity index (χ4n) is 1.59. The highest BCUT2D eigenvalue weighted by Crippen LogP contribution is 2.32. The van der Waals surface area contributed by atoms with Crippen LogP contribution in [0, 0.1) is 0 Å². The molecule has 0 amide bonds. The third-order valence-electron chi connectivity index (χ3n) is 2.50. The van der Waals surface area contributed by atoms with E-state index in [1.807, 2.05) is 24.3 Å². The van der Waals surface area contributed by atoms with Gasteiger partial charge in [-0.25, -0.2) is 9.97 Å². The van der Waals surface area contributed by atoms with Crippen LogP contribution in [0.2, 0.25) is 10.2 Å². The van der Waals surface area contributed by atoms with Gasteiger partial charge in [0.25, 0.3) is 5.19 Å². The molecular formula is C13H8Cl2N2OS. The lowest BCUT2D eigenvalue weighted by molar-refractivity contribution is 0.305. The van der Waals surface area contributed by atoms with E-state index in [9.17, 15) is 0 Å². The Morgan fingerprint density at radius 2 is 2.05 bits per heavy atom. The monoisotopic (exact) mass is 310 g/mol. The first-order chi connectivity index (χ1) is 9.22. The maximum absolute atomic E-state index is 6.07. The smallest absolute Gasteiger partial charge is 0.274 e. The van der Waals surface area contributed by atoms with Gasteiger partial charge >= 0.3 is 0 Å². The molecule has 0 spiro atoms. The molecule has 6 heteroatoms. The Labute approximate surface area is 123 Å². The number of nitrogens with zero attached hydrogens (tertiary/aromatic N) is 2. The second-order valence-corrected chi connectivity index (χ2v) is 5.63. The molecule has 2 heterocycles. The Kier molecular flexibility index (Phi) is 3.55. The number of fused-ring (bicyclic) bond motifs is 1. The average molecular weight is 311 g/mol. The molecule has 0 atom stereocenters. The third-order valence-corrected chi connectivity index (χ3v) is 3.96. The van der Waals surface area contributed by atoms with E-state index < -0.39 is 0 Å². The number of thiazole rings is 1. The molecule has 3 aromatic rings. The molecule has 0 aliphatic carbocycles. The van der Waals surface area contributed by atoms with Gasteiger partial charge in [-0.2, -0.15) is 0 Å². The summed E-state index contributed by atoms with van der Waals surface area (Å²) in [5.74, 6) is 0. The molecule has 2 aromatic heterocycles. The molecule has 0 saturated carbocycles. The summed E-state index contributed by atoms with van der Waals surface area (Å²) in [5, 5.41) is 1.70. The number of hydrogen-bond donors (Lipinski definition) is 0. The zero-order valence-corrected chi connectivity index (χ0v) is 12.0. The van der Waals surface area contributed by atoms with Gasteiger partial charge in [-0.15, -0.1) is 0 Å². The van der Waals surface area contributed by atoms with Gasteiger partial charge in [-0.05, 0) is 18.2 Å². The minimum atomic E-state index is 0.404. The van der Waals surface area contributed by atoms with Crippen LogP contribution in [0.4, 0.5) is 0 Å². The van der Waals surface area contributed by atoms with Gasteiger partial charge in [0, 0.05) is 11.8 Å². The van der Waals surface area contributed by atoms with Crippen molar-refractivity contribution in [1.29, 1.82) is 0 Å². The molecule has 0 aliphatic rings. The molecule has 0 N–H and O–H groups in total. The average Bonchev–Trinajstić information content (AvgIpc) is 2.83. The lowest BCUT2D eigenvalue weighted by atomic mass is 10.3. The van der Waals surface area contributed by atoms with Gasteiger partial charge < -0.3 is 4.74 Å². The minimum Gasteiger partial charge on any atom is -0.465 e.